The summed E-state index contributed by atoms with van der Waals surface area (Å²) in [5.41, 5.74) is 0. The number of thioether (sulfide) groups is 2. The zero-order valence-corrected chi connectivity index (χ0v) is 7.23. The standard InChI is InChI=1S/C8H8S2/c1-4-6-9-8(3)10-7-5-2/h1-2H,3,6-7H2. The molecule has 10 heavy (non-hydrogen) atoms. The van der Waals surface area contributed by atoms with Crippen LogP contribution in [0.15, 0.2) is 10.8 Å². The number of terminal acetylenes is 2. The van der Waals surface area contributed by atoms with Gasteiger partial charge in [-0.15, -0.1) is 36.4 Å². The zero-order chi connectivity index (χ0) is 7.82. The van der Waals surface area contributed by atoms with E-state index in [9.17, 15) is 0 Å². The summed E-state index contributed by atoms with van der Waals surface area (Å²) in [7, 11) is 0. The minimum Gasteiger partial charge on any atom is -0.119 e. The third-order valence-corrected chi connectivity index (χ3v) is 2.61. The van der Waals surface area contributed by atoms with Crippen molar-refractivity contribution in [3.05, 3.63) is 10.8 Å². The lowest BCUT2D eigenvalue weighted by molar-refractivity contribution is 1.94. The summed E-state index contributed by atoms with van der Waals surface area (Å²) in [6.07, 6.45) is 10.1. The lowest BCUT2D eigenvalue weighted by Gasteiger charge is -1.96. The van der Waals surface area contributed by atoms with Gasteiger partial charge in [0.25, 0.3) is 0 Å². The monoisotopic (exact) mass is 168 g/mol. The minimum absolute atomic E-state index is 0.677. The van der Waals surface area contributed by atoms with Crippen LogP contribution in [-0.2, 0) is 0 Å². The van der Waals surface area contributed by atoms with Crippen LogP contribution in [0.25, 0.3) is 0 Å². The lowest BCUT2D eigenvalue weighted by atomic mass is 10.8. The lowest BCUT2D eigenvalue weighted by Crippen LogP contribution is -1.73. The maximum absolute atomic E-state index is 5.04. The van der Waals surface area contributed by atoms with Gasteiger partial charge >= 0.3 is 0 Å². The van der Waals surface area contributed by atoms with E-state index in [1.54, 1.807) is 23.5 Å². The molecule has 0 amide bonds. The van der Waals surface area contributed by atoms with Crippen molar-refractivity contribution in [3.8, 4) is 24.7 Å². The van der Waals surface area contributed by atoms with Gasteiger partial charge in [0.1, 0.15) is 0 Å². The SMILES string of the molecule is C#CCSC(=C)SCC#C. The Labute approximate surface area is 70.8 Å². The van der Waals surface area contributed by atoms with E-state index in [0.717, 1.165) is 4.24 Å². The summed E-state index contributed by atoms with van der Waals surface area (Å²) >= 11 is 3.11. The molecule has 0 bridgehead atoms. The molecule has 0 aliphatic heterocycles. The van der Waals surface area contributed by atoms with Gasteiger partial charge in [-0.05, 0) is 0 Å². The molecule has 0 atom stereocenters. The van der Waals surface area contributed by atoms with Crippen molar-refractivity contribution in [3.63, 3.8) is 0 Å². The smallest absolute Gasteiger partial charge is 0.0597 e. The van der Waals surface area contributed by atoms with Gasteiger partial charge in [0.15, 0.2) is 0 Å². The fourth-order valence-electron chi connectivity index (χ4n) is 0.286. The Kier molecular flexibility index (Phi) is 6.38. The van der Waals surface area contributed by atoms with Crippen LogP contribution in [0.4, 0.5) is 0 Å². The summed E-state index contributed by atoms with van der Waals surface area (Å²) < 4.78 is 0.996. The van der Waals surface area contributed by atoms with E-state index in [1.165, 1.54) is 0 Å². The number of hydrogen-bond acceptors (Lipinski definition) is 2. The number of hydrogen-bond donors (Lipinski definition) is 0. The van der Waals surface area contributed by atoms with Crippen molar-refractivity contribution in [1.82, 2.24) is 0 Å². The second-order valence-corrected chi connectivity index (χ2v) is 3.76. The predicted octanol–water partition coefficient (Wildman–Crippen LogP) is 2.19. The highest BCUT2D eigenvalue weighted by Gasteiger charge is 1.91. The normalized spacial score (nSPS) is 7.80. The van der Waals surface area contributed by atoms with E-state index in [2.05, 4.69) is 18.4 Å². The molecule has 0 aromatic rings. The van der Waals surface area contributed by atoms with E-state index < -0.39 is 0 Å². The second-order valence-electron chi connectivity index (χ2n) is 1.36. The van der Waals surface area contributed by atoms with Crippen LogP contribution >= 0.6 is 23.5 Å². The molecule has 0 nitrogen and oxygen atoms in total. The summed E-state index contributed by atoms with van der Waals surface area (Å²) in [5, 5.41) is 0. The van der Waals surface area contributed by atoms with Gasteiger partial charge in [0.05, 0.1) is 11.5 Å². The molecule has 0 aliphatic carbocycles. The van der Waals surface area contributed by atoms with Gasteiger partial charge in [-0.25, -0.2) is 0 Å². The zero-order valence-electron chi connectivity index (χ0n) is 5.59. The largest absolute Gasteiger partial charge is 0.119 e. The van der Waals surface area contributed by atoms with Crippen LogP contribution in [0.2, 0.25) is 0 Å². The first-order valence-electron chi connectivity index (χ1n) is 2.62. The Morgan fingerprint density at radius 3 is 1.90 bits per heavy atom. The van der Waals surface area contributed by atoms with Gasteiger partial charge < -0.3 is 0 Å². The molecule has 0 heterocycles. The molecule has 52 valence electrons. The van der Waals surface area contributed by atoms with Gasteiger partial charge in [0, 0.05) is 4.24 Å². The van der Waals surface area contributed by atoms with E-state index in [-0.39, 0.29) is 0 Å². The second kappa shape index (κ2) is 6.68. The molecule has 0 saturated carbocycles. The summed E-state index contributed by atoms with van der Waals surface area (Å²) in [6, 6.07) is 0. The molecule has 0 aromatic heterocycles. The first-order chi connectivity index (χ1) is 4.81. The van der Waals surface area contributed by atoms with E-state index in [4.69, 9.17) is 12.8 Å². The van der Waals surface area contributed by atoms with E-state index in [0.29, 0.717) is 11.5 Å². The molecule has 0 aliphatic rings. The van der Waals surface area contributed by atoms with E-state index >= 15 is 0 Å². The van der Waals surface area contributed by atoms with Crippen molar-refractivity contribution in [2.24, 2.45) is 0 Å². The summed E-state index contributed by atoms with van der Waals surface area (Å²) in [5.74, 6) is 6.38. The molecule has 0 spiro atoms. The Balaban J connectivity index is 3.30. The Bertz CT molecular complexity index is 160. The average molecular weight is 168 g/mol. The van der Waals surface area contributed by atoms with Gasteiger partial charge in [-0.3, -0.25) is 0 Å². The molecule has 0 aromatic carbocycles. The Morgan fingerprint density at radius 2 is 1.60 bits per heavy atom. The van der Waals surface area contributed by atoms with Crippen molar-refractivity contribution in [2.45, 2.75) is 0 Å². The van der Waals surface area contributed by atoms with Crippen LogP contribution in [0.3, 0.4) is 0 Å². The van der Waals surface area contributed by atoms with Crippen LogP contribution in [0.5, 0.6) is 0 Å². The molecule has 2 heteroatoms. The molecule has 0 unspecified atom stereocenters. The maximum Gasteiger partial charge on any atom is 0.0597 e. The van der Waals surface area contributed by atoms with Crippen LogP contribution in [-0.4, -0.2) is 11.5 Å². The molecule has 0 rings (SSSR count). The van der Waals surface area contributed by atoms with Crippen LogP contribution in [0, 0.1) is 24.7 Å². The third-order valence-electron chi connectivity index (χ3n) is 0.633. The van der Waals surface area contributed by atoms with Gasteiger partial charge in [-0.1, -0.05) is 18.4 Å². The quantitative estimate of drug-likeness (QED) is 0.590. The van der Waals surface area contributed by atoms with Crippen LogP contribution in [0.1, 0.15) is 0 Å². The van der Waals surface area contributed by atoms with Gasteiger partial charge in [0.2, 0.25) is 0 Å². The molecular formula is C8H8S2. The van der Waals surface area contributed by atoms with Crippen molar-refractivity contribution < 1.29 is 0 Å². The first kappa shape index (κ1) is 9.56. The first-order valence-corrected chi connectivity index (χ1v) is 4.59. The summed E-state index contributed by atoms with van der Waals surface area (Å²) in [6.45, 7) is 3.76. The number of rotatable bonds is 4. The Morgan fingerprint density at radius 1 is 1.20 bits per heavy atom. The third kappa shape index (κ3) is 5.69. The summed E-state index contributed by atoms with van der Waals surface area (Å²) in [4.78, 5) is 0. The van der Waals surface area contributed by atoms with Crippen molar-refractivity contribution in [2.75, 3.05) is 11.5 Å². The molecular weight excluding hydrogens is 160 g/mol. The fourth-order valence-corrected chi connectivity index (χ4v) is 1.46. The highest BCUT2D eigenvalue weighted by molar-refractivity contribution is 8.22. The van der Waals surface area contributed by atoms with E-state index in [1.807, 2.05) is 0 Å². The Hall–Kier alpha value is -0.440. The molecule has 0 saturated heterocycles. The topological polar surface area (TPSA) is 0 Å². The fraction of sp³-hybridized carbons (Fsp3) is 0.250. The predicted molar refractivity (Wildman–Crippen MR) is 51.7 cm³/mol. The van der Waals surface area contributed by atoms with Crippen molar-refractivity contribution in [1.29, 1.82) is 0 Å². The maximum atomic E-state index is 5.04. The highest BCUT2D eigenvalue weighted by atomic mass is 32.2. The van der Waals surface area contributed by atoms with Crippen LogP contribution < -0.4 is 0 Å². The van der Waals surface area contributed by atoms with Crippen molar-refractivity contribution >= 4 is 23.5 Å². The molecule has 0 radical (unpaired) electrons. The minimum atomic E-state index is 0.677. The highest BCUT2D eigenvalue weighted by Crippen LogP contribution is 2.24. The van der Waals surface area contributed by atoms with Gasteiger partial charge in [-0.2, -0.15) is 0 Å². The average Bonchev–Trinajstić information content (AvgIpc) is 1.97. The molecule has 0 fully saturated rings. The molecule has 0 N–H and O–H groups in total.